The average molecular weight is 558 g/mol. The van der Waals surface area contributed by atoms with Gasteiger partial charge in [-0.3, -0.25) is 19.5 Å². The van der Waals surface area contributed by atoms with Gasteiger partial charge >= 0.3 is 0 Å². The Hall–Kier alpha value is -3.71. The summed E-state index contributed by atoms with van der Waals surface area (Å²) in [6.45, 7) is 1.30. The van der Waals surface area contributed by atoms with E-state index in [9.17, 15) is 9.59 Å². The van der Waals surface area contributed by atoms with Crippen LogP contribution < -0.4 is 9.47 Å². The monoisotopic (exact) mass is 557 g/mol. The van der Waals surface area contributed by atoms with Crippen LogP contribution in [0.4, 0.5) is 0 Å². The highest BCUT2D eigenvalue weighted by atomic mass is 16.5. The number of hydrogen-bond donors (Lipinski definition) is 0. The zero-order valence-electron chi connectivity index (χ0n) is 24.6. The van der Waals surface area contributed by atoms with Crippen LogP contribution >= 0.6 is 0 Å². The molecule has 0 aliphatic carbocycles. The van der Waals surface area contributed by atoms with Crippen LogP contribution in [0.5, 0.6) is 11.5 Å². The number of amides is 1. The molecule has 0 radical (unpaired) electrons. The summed E-state index contributed by atoms with van der Waals surface area (Å²) in [5.41, 5.74) is 2.91. The fourth-order valence-corrected chi connectivity index (χ4v) is 5.86. The minimum atomic E-state index is -0.514. The number of aryl methyl sites for hydroxylation is 1. The number of ether oxygens (including phenoxy) is 2. The lowest BCUT2D eigenvalue weighted by Crippen LogP contribution is -2.45. The molecule has 3 aromatic rings. The van der Waals surface area contributed by atoms with Crippen LogP contribution in [0.1, 0.15) is 72.5 Å². The maximum absolute atomic E-state index is 13.4. The van der Waals surface area contributed by atoms with Gasteiger partial charge in [0.1, 0.15) is 0 Å². The van der Waals surface area contributed by atoms with Crippen molar-refractivity contribution in [3.05, 3.63) is 89.7 Å². The van der Waals surface area contributed by atoms with Crippen molar-refractivity contribution in [3.8, 4) is 11.5 Å². The Morgan fingerprint density at radius 2 is 1.76 bits per heavy atom. The van der Waals surface area contributed by atoms with E-state index in [0.717, 1.165) is 32.1 Å². The zero-order valence-corrected chi connectivity index (χ0v) is 24.6. The van der Waals surface area contributed by atoms with E-state index >= 15 is 0 Å². The molecule has 1 saturated heterocycles. The molecule has 7 nitrogen and oxygen atoms in total. The summed E-state index contributed by atoms with van der Waals surface area (Å²) in [6.07, 6.45) is 12.4. The van der Waals surface area contributed by atoms with Crippen LogP contribution in [-0.4, -0.2) is 66.9 Å². The number of benzene rings is 2. The molecule has 0 N–H and O–H groups in total. The third-order valence-corrected chi connectivity index (χ3v) is 8.11. The summed E-state index contributed by atoms with van der Waals surface area (Å²) >= 11 is 0. The van der Waals surface area contributed by atoms with Gasteiger partial charge in [-0.25, -0.2) is 0 Å². The van der Waals surface area contributed by atoms with Gasteiger partial charge in [0.15, 0.2) is 11.5 Å². The first kappa shape index (κ1) is 30.3. The van der Waals surface area contributed by atoms with Crippen molar-refractivity contribution in [3.63, 3.8) is 0 Å². The maximum Gasteiger partial charge on any atom is 0.295 e. The summed E-state index contributed by atoms with van der Waals surface area (Å²) < 4.78 is 10.6. The molecule has 1 aliphatic heterocycles. The third kappa shape index (κ3) is 8.17. The van der Waals surface area contributed by atoms with E-state index in [1.165, 1.54) is 37.5 Å². The molecule has 1 aliphatic rings. The summed E-state index contributed by atoms with van der Waals surface area (Å²) in [4.78, 5) is 35.1. The number of hydrogen-bond acceptors (Lipinski definition) is 6. The Morgan fingerprint density at radius 3 is 2.49 bits per heavy atom. The van der Waals surface area contributed by atoms with Crippen molar-refractivity contribution in [2.45, 2.75) is 63.5 Å². The standard InChI is InChI=1S/C34H43N3O4/c1-36(30(28-16-11-21-35-24-28)18-10-5-4-7-13-26-14-8-6-9-15-26)25-29-17-12-22-37(29)34(39)33(38)27-19-20-31(40-2)32(23-27)41-3/h6,8-9,11,14-16,19-21,23-24,29-30H,4-5,7,10,12-13,17-18,22,25H2,1-3H3/t29-,30-/m0/s1. The largest absolute Gasteiger partial charge is 0.493 e. The van der Waals surface area contributed by atoms with Crippen molar-refractivity contribution < 1.29 is 19.1 Å². The van der Waals surface area contributed by atoms with E-state index in [4.69, 9.17) is 9.47 Å². The quantitative estimate of drug-likeness (QED) is 0.127. The first-order chi connectivity index (χ1) is 20.0. The van der Waals surface area contributed by atoms with E-state index in [1.807, 2.05) is 12.3 Å². The number of aromatic nitrogens is 1. The number of ketones is 1. The molecule has 2 atom stereocenters. The first-order valence-corrected chi connectivity index (χ1v) is 14.7. The van der Waals surface area contributed by atoms with E-state index < -0.39 is 11.7 Å². The smallest absolute Gasteiger partial charge is 0.295 e. The van der Waals surface area contributed by atoms with E-state index in [1.54, 1.807) is 36.4 Å². The van der Waals surface area contributed by atoms with Crippen molar-refractivity contribution in [1.82, 2.24) is 14.8 Å². The molecule has 0 bridgehead atoms. The third-order valence-electron chi connectivity index (χ3n) is 8.11. The number of unbranched alkanes of at least 4 members (excludes halogenated alkanes) is 3. The predicted molar refractivity (Wildman–Crippen MR) is 161 cm³/mol. The van der Waals surface area contributed by atoms with Crippen molar-refractivity contribution in [2.24, 2.45) is 0 Å². The van der Waals surface area contributed by atoms with E-state index in [2.05, 4.69) is 53.3 Å². The Morgan fingerprint density at radius 1 is 0.976 bits per heavy atom. The molecule has 1 fully saturated rings. The fourth-order valence-electron chi connectivity index (χ4n) is 5.86. The molecular weight excluding hydrogens is 514 g/mol. The van der Waals surface area contributed by atoms with Crippen LogP contribution in [0.25, 0.3) is 0 Å². The minimum Gasteiger partial charge on any atom is -0.493 e. The molecule has 218 valence electrons. The summed E-state index contributed by atoms with van der Waals surface area (Å²) in [5.74, 6) is -0.0117. The van der Waals surface area contributed by atoms with Crippen LogP contribution in [0.3, 0.4) is 0 Å². The highest BCUT2D eigenvalue weighted by Crippen LogP contribution is 2.30. The molecule has 1 amide bonds. The maximum atomic E-state index is 13.4. The number of rotatable bonds is 15. The van der Waals surface area contributed by atoms with Gasteiger partial charge in [0.2, 0.25) is 0 Å². The predicted octanol–water partition coefficient (Wildman–Crippen LogP) is 6.14. The second-order valence-corrected chi connectivity index (χ2v) is 10.9. The number of methoxy groups -OCH3 is 2. The number of carbonyl (C=O) groups is 2. The van der Waals surface area contributed by atoms with Crippen molar-refractivity contribution in [1.29, 1.82) is 0 Å². The Labute approximate surface area is 244 Å². The van der Waals surface area contributed by atoms with Gasteiger partial charge in [0, 0.05) is 43.1 Å². The van der Waals surface area contributed by atoms with Crippen molar-refractivity contribution in [2.75, 3.05) is 34.4 Å². The Bertz CT molecular complexity index is 1250. The molecule has 4 rings (SSSR count). The number of pyridine rings is 1. The van der Waals surface area contributed by atoms with Gasteiger partial charge in [-0.2, -0.15) is 0 Å². The number of Topliss-reactive ketones (excluding diaryl/α,β-unsaturated/α-hetero) is 1. The number of likely N-dealkylation sites (N-methyl/N-ethyl adjacent to an activating group) is 1. The highest BCUT2D eigenvalue weighted by Gasteiger charge is 2.35. The second-order valence-electron chi connectivity index (χ2n) is 10.9. The van der Waals surface area contributed by atoms with Gasteiger partial charge < -0.3 is 14.4 Å². The summed E-state index contributed by atoms with van der Waals surface area (Å²) in [7, 11) is 5.19. The first-order valence-electron chi connectivity index (χ1n) is 14.7. The lowest BCUT2D eigenvalue weighted by molar-refractivity contribution is -0.127. The van der Waals surface area contributed by atoms with Crippen LogP contribution in [0.15, 0.2) is 73.1 Å². The molecule has 0 saturated carbocycles. The normalized spacial score (nSPS) is 15.6. The summed E-state index contributed by atoms with van der Waals surface area (Å²) in [6, 6.07) is 19.9. The lowest BCUT2D eigenvalue weighted by atomic mass is 9.98. The van der Waals surface area contributed by atoms with Gasteiger partial charge in [0.05, 0.1) is 14.2 Å². The molecule has 2 heterocycles. The van der Waals surface area contributed by atoms with Gasteiger partial charge in [-0.1, -0.05) is 55.7 Å². The topological polar surface area (TPSA) is 72.0 Å². The van der Waals surface area contributed by atoms with Crippen LogP contribution in [0, 0.1) is 0 Å². The average Bonchev–Trinajstić information content (AvgIpc) is 3.48. The van der Waals surface area contributed by atoms with Crippen molar-refractivity contribution >= 4 is 11.7 Å². The van der Waals surface area contributed by atoms with Gasteiger partial charge in [-0.05, 0) is 74.5 Å². The second kappa shape index (κ2) is 15.3. The van der Waals surface area contributed by atoms with E-state index in [0.29, 0.717) is 30.2 Å². The van der Waals surface area contributed by atoms with Crippen LogP contribution in [0.2, 0.25) is 0 Å². The molecule has 0 spiro atoms. The Balaban J connectivity index is 1.35. The SMILES string of the molecule is COc1ccc(C(=O)C(=O)N2CCC[C@H]2CN(C)[C@@H](CCCCCCc2ccccc2)c2cccnc2)cc1OC. The summed E-state index contributed by atoms with van der Waals surface area (Å²) in [5, 5.41) is 0. The molecule has 0 unspecified atom stereocenters. The van der Waals surface area contributed by atoms with Crippen LogP contribution in [-0.2, 0) is 11.2 Å². The molecule has 41 heavy (non-hydrogen) atoms. The minimum absolute atomic E-state index is 0.0124. The molecular formula is C34H43N3O4. The highest BCUT2D eigenvalue weighted by molar-refractivity contribution is 6.42. The molecule has 7 heteroatoms. The molecule has 1 aromatic heterocycles. The van der Waals surface area contributed by atoms with Gasteiger partial charge in [0.25, 0.3) is 11.7 Å². The van der Waals surface area contributed by atoms with Gasteiger partial charge in [-0.15, -0.1) is 0 Å². The van der Waals surface area contributed by atoms with E-state index in [-0.39, 0.29) is 12.1 Å². The number of nitrogens with zero attached hydrogens (tertiary/aromatic N) is 3. The lowest BCUT2D eigenvalue weighted by Gasteiger charge is -2.33. The Kier molecular flexibility index (Phi) is 11.3. The molecule has 2 aromatic carbocycles. The number of likely N-dealkylation sites (tertiary alicyclic amines) is 1. The number of carbonyl (C=O) groups excluding carboxylic acids is 2. The fraction of sp³-hybridized carbons (Fsp3) is 0.441. The zero-order chi connectivity index (χ0) is 29.0.